The minimum atomic E-state index is -0.954. The molecule has 108 valence electrons. The van der Waals surface area contributed by atoms with Crippen LogP contribution in [0, 0.1) is 15.9 Å². The fourth-order valence-electron chi connectivity index (χ4n) is 1.33. The smallest absolute Gasteiger partial charge is 0.298 e. The van der Waals surface area contributed by atoms with Gasteiger partial charge in [0.1, 0.15) is 17.4 Å². The van der Waals surface area contributed by atoms with Crippen molar-refractivity contribution in [3.8, 4) is 0 Å². The molecule has 0 aliphatic heterocycles. The van der Waals surface area contributed by atoms with Gasteiger partial charge >= 0.3 is 0 Å². The molecule has 0 saturated heterocycles. The minimum Gasteiger partial charge on any atom is -0.394 e. The number of rotatable bonds is 3. The summed E-state index contributed by atoms with van der Waals surface area (Å²) in [6.45, 7) is -0.729. The van der Waals surface area contributed by atoms with Crippen LogP contribution in [0.25, 0.3) is 10.9 Å². The quantitative estimate of drug-likeness (QED) is 0.561. The average Bonchev–Trinajstić information content (AvgIpc) is 2.45. The van der Waals surface area contributed by atoms with Gasteiger partial charge in [-0.25, -0.2) is 9.37 Å². The molecule has 8 heteroatoms. The number of pyridine rings is 1. The molecule has 0 amide bonds. The van der Waals surface area contributed by atoms with Gasteiger partial charge in [-0.2, -0.15) is 0 Å². The van der Waals surface area contributed by atoms with Crippen molar-refractivity contribution in [2.24, 2.45) is 0 Å². The van der Waals surface area contributed by atoms with E-state index < -0.39 is 16.8 Å². The highest BCUT2D eigenvalue weighted by molar-refractivity contribution is 5.86. The monoisotopic (exact) mass is 284 g/mol. The number of aliphatic hydroxyl groups is 3. The van der Waals surface area contributed by atoms with Crippen molar-refractivity contribution in [3.05, 3.63) is 46.4 Å². The van der Waals surface area contributed by atoms with Crippen LogP contribution in [0.5, 0.6) is 0 Å². The van der Waals surface area contributed by atoms with E-state index in [1.807, 2.05) is 0 Å². The van der Waals surface area contributed by atoms with Crippen LogP contribution in [0.15, 0.2) is 30.5 Å². The van der Waals surface area contributed by atoms with E-state index in [9.17, 15) is 14.5 Å². The van der Waals surface area contributed by atoms with Gasteiger partial charge in [-0.1, -0.05) is 6.07 Å². The van der Waals surface area contributed by atoms with Crippen molar-refractivity contribution in [2.45, 2.75) is 6.10 Å². The molecule has 20 heavy (non-hydrogen) atoms. The molecule has 2 aromatic rings. The van der Waals surface area contributed by atoms with Crippen molar-refractivity contribution < 1.29 is 24.6 Å². The number of non-ortho nitro benzene ring substituents is 1. The number of nitrogens with zero attached hydrogens (tertiary/aromatic N) is 2. The fourth-order valence-corrected chi connectivity index (χ4v) is 1.33. The molecule has 0 unspecified atom stereocenters. The molecule has 0 atom stereocenters. The summed E-state index contributed by atoms with van der Waals surface area (Å²) in [5.41, 5.74) is -0.0977. The summed E-state index contributed by atoms with van der Waals surface area (Å²) in [4.78, 5) is 13.8. The van der Waals surface area contributed by atoms with Gasteiger partial charge in [-0.3, -0.25) is 10.1 Å². The van der Waals surface area contributed by atoms with Gasteiger partial charge in [0.25, 0.3) is 5.69 Å². The zero-order chi connectivity index (χ0) is 15.1. The molecule has 1 heterocycles. The van der Waals surface area contributed by atoms with E-state index >= 15 is 0 Å². The maximum Gasteiger partial charge on any atom is 0.298 e. The van der Waals surface area contributed by atoms with Crippen molar-refractivity contribution in [1.82, 2.24) is 4.98 Å². The zero-order valence-corrected chi connectivity index (χ0v) is 10.3. The van der Waals surface area contributed by atoms with Crippen LogP contribution in [0.4, 0.5) is 10.1 Å². The van der Waals surface area contributed by atoms with E-state index in [4.69, 9.17) is 15.3 Å². The van der Waals surface area contributed by atoms with Crippen LogP contribution in [0.2, 0.25) is 0 Å². The van der Waals surface area contributed by atoms with E-state index in [-0.39, 0.29) is 24.4 Å². The Hall–Kier alpha value is -2.16. The minimum absolute atomic E-state index is 0.207. The highest BCUT2D eigenvalue weighted by atomic mass is 19.1. The van der Waals surface area contributed by atoms with E-state index in [0.29, 0.717) is 5.39 Å². The van der Waals surface area contributed by atoms with Crippen molar-refractivity contribution in [3.63, 3.8) is 0 Å². The number of aliphatic hydroxyl groups excluding tert-OH is 3. The standard InChI is InChI=1S/C9H5FN2O2.C3H8O3/c10-7-4-6-2-1-3-11-9(6)8(5-7)12(13)14;4-1-3(6)2-5/h1-5H;3-6H,1-2H2. The summed E-state index contributed by atoms with van der Waals surface area (Å²) in [7, 11) is 0. The van der Waals surface area contributed by atoms with Crippen LogP contribution < -0.4 is 0 Å². The zero-order valence-electron chi connectivity index (χ0n) is 10.3. The Kier molecular flexibility index (Phi) is 5.91. The molecule has 0 spiro atoms. The summed E-state index contributed by atoms with van der Waals surface area (Å²) >= 11 is 0. The lowest BCUT2D eigenvalue weighted by molar-refractivity contribution is -0.383. The highest BCUT2D eigenvalue weighted by Gasteiger charge is 2.14. The van der Waals surface area contributed by atoms with Gasteiger partial charge in [0, 0.05) is 11.6 Å². The average molecular weight is 284 g/mol. The maximum absolute atomic E-state index is 12.9. The second-order valence-corrected chi connectivity index (χ2v) is 3.78. The summed E-state index contributed by atoms with van der Waals surface area (Å²) < 4.78 is 12.9. The predicted octanol–water partition coefficient (Wildman–Crippen LogP) is 0.614. The highest BCUT2D eigenvalue weighted by Crippen LogP contribution is 2.24. The molecule has 1 aromatic heterocycles. The Labute approximate surface area is 113 Å². The molecule has 0 radical (unpaired) electrons. The molecule has 0 fully saturated rings. The molecule has 1 aromatic carbocycles. The first-order chi connectivity index (χ1) is 9.49. The Morgan fingerprint density at radius 2 is 2.00 bits per heavy atom. The Morgan fingerprint density at radius 1 is 1.35 bits per heavy atom. The van der Waals surface area contributed by atoms with Gasteiger partial charge < -0.3 is 15.3 Å². The lowest BCUT2D eigenvalue weighted by Crippen LogP contribution is -2.15. The van der Waals surface area contributed by atoms with Crippen LogP contribution in [-0.4, -0.2) is 44.5 Å². The first-order valence-corrected chi connectivity index (χ1v) is 5.58. The third-order valence-electron chi connectivity index (χ3n) is 2.27. The third-order valence-corrected chi connectivity index (χ3v) is 2.27. The van der Waals surface area contributed by atoms with E-state index in [1.165, 1.54) is 12.3 Å². The number of nitro benzene ring substituents is 1. The van der Waals surface area contributed by atoms with Crippen LogP contribution in [-0.2, 0) is 0 Å². The van der Waals surface area contributed by atoms with Crippen LogP contribution in [0.1, 0.15) is 0 Å². The van der Waals surface area contributed by atoms with Crippen LogP contribution >= 0.6 is 0 Å². The first-order valence-electron chi connectivity index (χ1n) is 5.58. The topological polar surface area (TPSA) is 117 Å². The number of hydrogen-bond donors (Lipinski definition) is 3. The van der Waals surface area contributed by atoms with Crippen molar-refractivity contribution in [2.75, 3.05) is 13.2 Å². The van der Waals surface area contributed by atoms with Gasteiger partial charge in [0.2, 0.25) is 0 Å². The molecular weight excluding hydrogens is 271 g/mol. The SMILES string of the molecule is O=[N+]([O-])c1cc(F)cc2cccnc12.OCC(O)CO. The van der Waals surface area contributed by atoms with Gasteiger partial charge in [-0.05, 0) is 12.1 Å². The first kappa shape index (κ1) is 15.9. The lowest BCUT2D eigenvalue weighted by atomic mass is 10.2. The second kappa shape index (κ2) is 7.43. The molecule has 0 saturated carbocycles. The summed E-state index contributed by atoms with van der Waals surface area (Å²) in [5, 5.41) is 35.0. The summed E-state index contributed by atoms with van der Waals surface area (Å²) in [6, 6.07) is 5.27. The summed E-state index contributed by atoms with van der Waals surface area (Å²) in [5.74, 6) is -0.628. The van der Waals surface area contributed by atoms with Gasteiger partial charge in [0.15, 0.2) is 0 Å². The molecule has 0 bridgehead atoms. The van der Waals surface area contributed by atoms with Crippen molar-refractivity contribution in [1.29, 1.82) is 0 Å². The largest absolute Gasteiger partial charge is 0.394 e. The molecule has 0 aliphatic rings. The molecular formula is C12H13FN2O5. The number of nitro groups is 1. The maximum atomic E-state index is 12.9. The lowest BCUT2D eigenvalue weighted by Gasteiger charge is -1.97. The molecule has 0 aliphatic carbocycles. The molecule has 7 nitrogen and oxygen atoms in total. The molecule has 2 rings (SSSR count). The van der Waals surface area contributed by atoms with E-state index in [1.54, 1.807) is 12.1 Å². The number of aromatic nitrogens is 1. The van der Waals surface area contributed by atoms with Crippen molar-refractivity contribution >= 4 is 16.6 Å². The number of hydrogen-bond acceptors (Lipinski definition) is 6. The summed E-state index contributed by atoms with van der Waals surface area (Å²) in [6.07, 6.45) is 0.484. The Balaban J connectivity index is 0.000000286. The van der Waals surface area contributed by atoms with Gasteiger partial charge in [-0.15, -0.1) is 0 Å². The van der Waals surface area contributed by atoms with E-state index in [0.717, 1.165) is 6.07 Å². The van der Waals surface area contributed by atoms with Crippen LogP contribution in [0.3, 0.4) is 0 Å². The number of benzene rings is 1. The number of halogens is 1. The predicted molar refractivity (Wildman–Crippen MR) is 68.5 cm³/mol. The third kappa shape index (κ3) is 4.19. The molecule has 3 N–H and O–H groups in total. The van der Waals surface area contributed by atoms with E-state index in [2.05, 4.69) is 4.98 Å². The second-order valence-electron chi connectivity index (χ2n) is 3.78. The van der Waals surface area contributed by atoms with Gasteiger partial charge in [0.05, 0.1) is 24.2 Å². The number of fused-ring (bicyclic) bond motifs is 1. The Morgan fingerprint density at radius 3 is 2.50 bits per heavy atom. The fraction of sp³-hybridized carbons (Fsp3) is 0.250. The normalized spacial score (nSPS) is 10.2. The Bertz CT molecular complexity index is 589.